The van der Waals surface area contributed by atoms with Crippen molar-refractivity contribution < 1.29 is 19.0 Å². The van der Waals surface area contributed by atoms with Crippen LogP contribution in [-0.2, 0) is 14.2 Å². The maximum Gasteiger partial charge on any atom is 0.410 e. The fourth-order valence-electron chi connectivity index (χ4n) is 2.45. The first-order valence-corrected chi connectivity index (χ1v) is 9.81. The van der Waals surface area contributed by atoms with Gasteiger partial charge in [-0.1, -0.05) is 22.6 Å². The van der Waals surface area contributed by atoms with Crippen LogP contribution in [0.2, 0.25) is 0 Å². The highest BCUT2D eigenvalue weighted by Gasteiger charge is 2.38. The zero-order chi connectivity index (χ0) is 17.7. The molecule has 0 spiro atoms. The lowest BCUT2D eigenvalue weighted by Gasteiger charge is -2.42. The van der Waals surface area contributed by atoms with Gasteiger partial charge < -0.3 is 19.1 Å². The number of likely N-dealkylation sites (tertiary alicyclic amines) is 1. The molecule has 0 aromatic carbocycles. The zero-order valence-corrected chi connectivity index (χ0v) is 17.6. The second kappa shape index (κ2) is 8.34. The van der Waals surface area contributed by atoms with Gasteiger partial charge in [0.05, 0.1) is 31.0 Å². The molecule has 23 heavy (non-hydrogen) atoms. The van der Waals surface area contributed by atoms with Crippen molar-refractivity contribution >= 4 is 28.7 Å². The number of nitrogens with zero attached hydrogens (tertiary/aromatic N) is 1. The first kappa shape index (κ1) is 21.0. The minimum Gasteiger partial charge on any atom is -0.444 e. The van der Waals surface area contributed by atoms with Crippen molar-refractivity contribution in [2.24, 2.45) is 0 Å². The standard InChI is InChI=1S/C17H32INO4/c1-15(2,3)21-10-11-22-17(12-18)8-7-9-19(13-17)14(20)23-16(4,5)6/h7-13H2,1-6H3. The van der Waals surface area contributed by atoms with Crippen molar-refractivity contribution in [2.75, 3.05) is 30.7 Å². The van der Waals surface area contributed by atoms with Crippen LogP contribution in [0.25, 0.3) is 0 Å². The third-order valence-corrected chi connectivity index (χ3v) is 4.85. The first-order chi connectivity index (χ1) is 10.5. The third-order valence-electron chi connectivity index (χ3n) is 3.46. The van der Waals surface area contributed by atoms with E-state index >= 15 is 0 Å². The van der Waals surface area contributed by atoms with Gasteiger partial charge in [0.2, 0.25) is 0 Å². The van der Waals surface area contributed by atoms with E-state index in [1.807, 2.05) is 41.5 Å². The Hall–Kier alpha value is -0.0800. The Labute approximate surface area is 154 Å². The number of hydrogen-bond donors (Lipinski definition) is 0. The molecule has 1 aliphatic heterocycles. The molecule has 0 aromatic rings. The van der Waals surface area contributed by atoms with Gasteiger partial charge in [-0.25, -0.2) is 4.79 Å². The molecule has 1 saturated heterocycles. The molecule has 5 nitrogen and oxygen atoms in total. The van der Waals surface area contributed by atoms with Gasteiger partial charge in [0.15, 0.2) is 0 Å². The Morgan fingerprint density at radius 3 is 2.30 bits per heavy atom. The van der Waals surface area contributed by atoms with Gasteiger partial charge in [-0.3, -0.25) is 0 Å². The van der Waals surface area contributed by atoms with E-state index in [0.29, 0.717) is 19.8 Å². The second-order valence-corrected chi connectivity index (χ2v) is 8.89. The summed E-state index contributed by atoms with van der Waals surface area (Å²) < 4.78 is 18.2. The molecule has 0 saturated carbocycles. The Balaban J connectivity index is 2.55. The minimum atomic E-state index is -0.469. The summed E-state index contributed by atoms with van der Waals surface area (Å²) in [5.41, 5.74) is -0.921. The SMILES string of the molecule is CC(C)(C)OCCOC1(CI)CCCN(C(=O)OC(C)(C)C)C1. The molecule has 1 unspecified atom stereocenters. The average molecular weight is 441 g/mol. The maximum atomic E-state index is 12.3. The van der Waals surface area contributed by atoms with E-state index in [1.165, 1.54) is 0 Å². The molecule has 1 rings (SSSR count). The Kier molecular flexibility index (Phi) is 7.60. The monoisotopic (exact) mass is 441 g/mol. The number of rotatable bonds is 5. The van der Waals surface area contributed by atoms with Gasteiger partial charge >= 0.3 is 6.09 Å². The number of halogens is 1. The summed E-state index contributed by atoms with van der Waals surface area (Å²) in [4.78, 5) is 14.1. The largest absolute Gasteiger partial charge is 0.444 e. The first-order valence-electron chi connectivity index (χ1n) is 8.28. The number of carbonyl (C=O) groups excluding carboxylic acids is 1. The number of amides is 1. The van der Waals surface area contributed by atoms with E-state index < -0.39 is 5.60 Å². The summed E-state index contributed by atoms with van der Waals surface area (Å²) in [6, 6.07) is 0. The third kappa shape index (κ3) is 8.03. The van der Waals surface area contributed by atoms with Crippen LogP contribution in [0.1, 0.15) is 54.4 Å². The highest BCUT2D eigenvalue weighted by atomic mass is 127. The van der Waals surface area contributed by atoms with Crippen molar-refractivity contribution in [3.8, 4) is 0 Å². The lowest BCUT2D eigenvalue weighted by Crippen LogP contribution is -2.54. The minimum absolute atomic E-state index is 0.157. The molecule has 1 atom stereocenters. The van der Waals surface area contributed by atoms with Crippen molar-refractivity contribution in [3.05, 3.63) is 0 Å². The van der Waals surface area contributed by atoms with Gasteiger partial charge in [0.1, 0.15) is 5.60 Å². The van der Waals surface area contributed by atoms with Gasteiger partial charge in [0, 0.05) is 11.0 Å². The zero-order valence-electron chi connectivity index (χ0n) is 15.4. The van der Waals surface area contributed by atoms with E-state index in [1.54, 1.807) is 4.90 Å². The molecule has 6 heteroatoms. The Morgan fingerprint density at radius 2 is 1.78 bits per heavy atom. The van der Waals surface area contributed by atoms with Gasteiger partial charge in [0.25, 0.3) is 0 Å². The predicted octanol–water partition coefficient (Wildman–Crippen LogP) is 4.02. The van der Waals surface area contributed by atoms with Gasteiger partial charge in [-0.2, -0.15) is 0 Å². The number of alkyl halides is 1. The summed E-state index contributed by atoms with van der Waals surface area (Å²) >= 11 is 2.34. The topological polar surface area (TPSA) is 48.0 Å². The van der Waals surface area contributed by atoms with Gasteiger partial charge in [-0.15, -0.1) is 0 Å². The van der Waals surface area contributed by atoms with E-state index in [2.05, 4.69) is 22.6 Å². The fourth-order valence-corrected chi connectivity index (χ4v) is 3.29. The Morgan fingerprint density at radius 1 is 1.13 bits per heavy atom. The smallest absolute Gasteiger partial charge is 0.410 e. The molecule has 136 valence electrons. The van der Waals surface area contributed by atoms with Crippen LogP contribution in [0.5, 0.6) is 0 Å². The van der Waals surface area contributed by atoms with E-state index in [0.717, 1.165) is 23.8 Å². The lowest BCUT2D eigenvalue weighted by atomic mass is 9.95. The molecule has 0 radical (unpaired) electrons. The summed E-state index contributed by atoms with van der Waals surface area (Å²) in [6.07, 6.45) is 1.65. The molecular formula is C17H32INO4. The van der Waals surface area contributed by atoms with Crippen molar-refractivity contribution in [1.82, 2.24) is 4.90 Å². The van der Waals surface area contributed by atoms with Crippen LogP contribution < -0.4 is 0 Å². The number of piperidine rings is 1. The van der Waals surface area contributed by atoms with Crippen LogP contribution in [0.15, 0.2) is 0 Å². The molecule has 0 N–H and O–H groups in total. The van der Waals surface area contributed by atoms with E-state index in [9.17, 15) is 4.79 Å². The summed E-state index contributed by atoms with van der Waals surface area (Å²) in [5.74, 6) is 0. The van der Waals surface area contributed by atoms with Crippen molar-refractivity contribution in [3.63, 3.8) is 0 Å². The quantitative estimate of drug-likeness (QED) is 0.367. The normalized spacial score (nSPS) is 23.0. The lowest BCUT2D eigenvalue weighted by molar-refractivity contribution is -0.105. The predicted molar refractivity (Wildman–Crippen MR) is 100 cm³/mol. The highest BCUT2D eigenvalue weighted by molar-refractivity contribution is 14.1. The molecule has 0 bridgehead atoms. The number of ether oxygens (including phenoxy) is 3. The van der Waals surface area contributed by atoms with Crippen molar-refractivity contribution in [1.29, 1.82) is 0 Å². The molecule has 1 fully saturated rings. The van der Waals surface area contributed by atoms with Crippen LogP contribution >= 0.6 is 22.6 Å². The van der Waals surface area contributed by atoms with Crippen LogP contribution in [0.3, 0.4) is 0 Å². The second-order valence-electron chi connectivity index (χ2n) is 8.13. The average Bonchev–Trinajstić information content (AvgIpc) is 2.41. The maximum absolute atomic E-state index is 12.3. The molecule has 1 heterocycles. The van der Waals surface area contributed by atoms with E-state index in [-0.39, 0.29) is 17.3 Å². The molecule has 1 aliphatic rings. The molecular weight excluding hydrogens is 409 g/mol. The molecule has 0 aromatic heterocycles. The van der Waals surface area contributed by atoms with Crippen LogP contribution in [-0.4, -0.2) is 58.5 Å². The van der Waals surface area contributed by atoms with Crippen LogP contribution in [0.4, 0.5) is 4.79 Å². The molecule has 1 amide bonds. The number of carbonyl (C=O) groups is 1. The highest BCUT2D eigenvalue weighted by Crippen LogP contribution is 2.28. The summed E-state index contributed by atoms with van der Waals surface area (Å²) in [7, 11) is 0. The van der Waals surface area contributed by atoms with Crippen LogP contribution in [0, 0.1) is 0 Å². The molecule has 0 aliphatic carbocycles. The number of hydrogen-bond acceptors (Lipinski definition) is 4. The van der Waals surface area contributed by atoms with E-state index in [4.69, 9.17) is 14.2 Å². The fraction of sp³-hybridized carbons (Fsp3) is 0.941. The summed E-state index contributed by atoms with van der Waals surface area (Å²) in [5, 5.41) is 0. The van der Waals surface area contributed by atoms with Crippen molar-refractivity contribution in [2.45, 2.75) is 71.2 Å². The summed E-state index contributed by atoms with van der Waals surface area (Å²) in [6.45, 7) is 14.2. The Bertz CT molecular complexity index is 389. The van der Waals surface area contributed by atoms with Gasteiger partial charge in [-0.05, 0) is 54.4 Å².